The fourth-order valence-electron chi connectivity index (χ4n) is 3.68. The van der Waals surface area contributed by atoms with E-state index in [1.54, 1.807) is 7.05 Å². The van der Waals surface area contributed by atoms with E-state index in [-0.39, 0.29) is 24.0 Å². The van der Waals surface area contributed by atoms with Crippen LogP contribution in [0.4, 0.5) is 0 Å². The van der Waals surface area contributed by atoms with E-state index in [4.69, 9.17) is 4.74 Å². The molecule has 0 aliphatic carbocycles. The summed E-state index contributed by atoms with van der Waals surface area (Å²) in [6, 6.07) is 8.56. The highest BCUT2D eigenvalue weighted by atomic mass is 127. The number of aromatic nitrogens is 2. The van der Waals surface area contributed by atoms with Gasteiger partial charge in [-0.1, -0.05) is 12.1 Å². The minimum absolute atomic E-state index is 0. The van der Waals surface area contributed by atoms with Crippen LogP contribution >= 0.6 is 24.0 Å². The van der Waals surface area contributed by atoms with Crippen molar-refractivity contribution >= 4 is 41.0 Å². The largest absolute Gasteiger partial charge is 0.373 e. The lowest BCUT2D eigenvalue weighted by Gasteiger charge is -2.22. The van der Waals surface area contributed by atoms with Crippen molar-refractivity contribution in [2.45, 2.75) is 44.1 Å². The summed E-state index contributed by atoms with van der Waals surface area (Å²) in [6.07, 6.45) is 4.22. The number of nitrogens with one attached hydrogen (secondary N) is 2. The molecule has 7 heteroatoms. The van der Waals surface area contributed by atoms with Gasteiger partial charge in [0.1, 0.15) is 5.82 Å². The van der Waals surface area contributed by atoms with Gasteiger partial charge in [-0.15, -0.1) is 24.0 Å². The number of hydrogen-bond acceptors (Lipinski definition) is 3. The third-order valence-corrected chi connectivity index (χ3v) is 4.95. The van der Waals surface area contributed by atoms with E-state index in [1.807, 2.05) is 25.2 Å². The van der Waals surface area contributed by atoms with E-state index in [0.717, 1.165) is 35.7 Å². The summed E-state index contributed by atoms with van der Waals surface area (Å²) in [7, 11) is 3.85. The minimum atomic E-state index is 0. The van der Waals surface area contributed by atoms with Crippen LogP contribution < -0.4 is 10.6 Å². The third kappa shape index (κ3) is 3.23. The van der Waals surface area contributed by atoms with Crippen LogP contribution in [0.15, 0.2) is 29.3 Å². The number of aliphatic imine (C=N–C) groups is 1. The smallest absolute Gasteiger partial charge is 0.191 e. The molecular formula is C17H24IN5O. The average Bonchev–Trinajstić information content (AvgIpc) is 3.27. The Bertz CT molecular complexity index is 744. The molecule has 0 amide bonds. The maximum absolute atomic E-state index is 5.89. The van der Waals surface area contributed by atoms with Crippen LogP contribution in [0, 0.1) is 0 Å². The first kappa shape index (κ1) is 17.5. The third-order valence-electron chi connectivity index (χ3n) is 4.95. The second-order valence-corrected chi connectivity index (χ2v) is 6.36. The van der Waals surface area contributed by atoms with Gasteiger partial charge < -0.3 is 19.9 Å². The van der Waals surface area contributed by atoms with E-state index in [1.165, 1.54) is 6.42 Å². The molecule has 3 heterocycles. The lowest BCUT2D eigenvalue weighted by molar-refractivity contribution is 0.0992. The first-order valence-corrected chi connectivity index (χ1v) is 8.27. The molecule has 3 atom stereocenters. The SMILES string of the molecule is CN=C(NCc1nc2ccccc2n1C)NC1CC2CCC1O2.I. The summed E-state index contributed by atoms with van der Waals surface area (Å²) in [5, 5.41) is 6.87. The van der Waals surface area contributed by atoms with Crippen LogP contribution in [-0.2, 0) is 18.3 Å². The molecule has 0 spiro atoms. The highest BCUT2D eigenvalue weighted by molar-refractivity contribution is 14.0. The average molecular weight is 441 g/mol. The first-order chi connectivity index (χ1) is 11.2. The van der Waals surface area contributed by atoms with Gasteiger partial charge in [0.15, 0.2) is 5.96 Å². The molecule has 4 rings (SSSR count). The van der Waals surface area contributed by atoms with Gasteiger partial charge in [0.05, 0.1) is 35.8 Å². The molecule has 24 heavy (non-hydrogen) atoms. The van der Waals surface area contributed by atoms with Gasteiger partial charge >= 0.3 is 0 Å². The Hall–Kier alpha value is -1.35. The molecule has 2 aromatic rings. The number of benzene rings is 1. The number of hydrogen-bond donors (Lipinski definition) is 2. The lowest BCUT2D eigenvalue weighted by Crippen LogP contribution is -2.47. The van der Waals surface area contributed by atoms with Crippen LogP contribution in [-0.4, -0.2) is 40.8 Å². The topological polar surface area (TPSA) is 63.5 Å². The molecule has 0 radical (unpaired) electrons. The molecule has 1 aromatic heterocycles. The Morgan fingerprint density at radius 2 is 2.21 bits per heavy atom. The van der Waals surface area contributed by atoms with E-state index in [2.05, 4.69) is 31.2 Å². The number of aryl methyl sites for hydroxylation is 1. The van der Waals surface area contributed by atoms with Crippen LogP contribution in [0.5, 0.6) is 0 Å². The predicted molar refractivity (Wildman–Crippen MR) is 106 cm³/mol. The Kier molecular flexibility index (Phi) is 5.29. The predicted octanol–water partition coefficient (Wildman–Crippen LogP) is 2.18. The molecule has 2 saturated heterocycles. The maximum Gasteiger partial charge on any atom is 0.191 e. The fourth-order valence-corrected chi connectivity index (χ4v) is 3.68. The number of rotatable bonds is 3. The van der Waals surface area contributed by atoms with E-state index >= 15 is 0 Å². The van der Waals surface area contributed by atoms with Crippen molar-refractivity contribution < 1.29 is 4.74 Å². The number of fused-ring (bicyclic) bond motifs is 3. The van der Waals surface area contributed by atoms with Crippen molar-refractivity contribution in [2.24, 2.45) is 12.0 Å². The van der Waals surface area contributed by atoms with Crippen LogP contribution in [0.1, 0.15) is 25.1 Å². The molecular weight excluding hydrogens is 417 g/mol. The Morgan fingerprint density at radius 3 is 2.88 bits per heavy atom. The second-order valence-electron chi connectivity index (χ2n) is 6.36. The lowest BCUT2D eigenvalue weighted by atomic mass is 9.96. The highest BCUT2D eigenvalue weighted by Crippen LogP contribution is 2.34. The summed E-state index contributed by atoms with van der Waals surface area (Å²) in [4.78, 5) is 9.02. The molecule has 1 aromatic carbocycles. The number of halogens is 1. The van der Waals surface area contributed by atoms with Crippen LogP contribution in [0.25, 0.3) is 11.0 Å². The Labute approximate surface area is 159 Å². The molecule has 6 nitrogen and oxygen atoms in total. The Balaban J connectivity index is 0.00000169. The molecule has 2 bridgehead atoms. The highest BCUT2D eigenvalue weighted by Gasteiger charge is 2.41. The van der Waals surface area contributed by atoms with E-state index in [9.17, 15) is 0 Å². The molecule has 0 saturated carbocycles. The normalized spacial score (nSPS) is 25.8. The van der Waals surface area contributed by atoms with Crippen molar-refractivity contribution in [3.05, 3.63) is 30.1 Å². The number of imidazole rings is 1. The van der Waals surface area contributed by atoms with Gasteiger partial charge in [0, 0.05) is 14.1 Å². The second kappa shape index (κ2) is 7.26. The van der Waals surface area contributed by atoms with Crippen molar-refractivity contribution in [2.75, 3.05) is 7.05 Å². The van der Waals surface area contributed by atoms with Crippen LogP contribution in [0.3, 0.4) is 0 Å². The fraction of sp³-hybridized carbons (Fsp3) is 0.529. The van der Waals surface area contributed by atoms with Gasteiger partial charge in [-0.2, -0.15) is 0 Å². The Morgan fingerprint density at radius 1 is 1.38 bits per heavy atom. The van der Waals surface area contributed by atoms with Gasteiger partial charge in [-0.3, -0.25) is 4.99 Å². The van der Waals surface area contributed by atoms with Crippen molar-refractivity contribution in [1.82, 2.24) is 20.2 Å². The standard InChI is InChI=1S/C17H23N5O.HI/c1-18-17(21-13-9-11-7-8-15(13)23-11)19-10-16-20-12-5-3-4-6-14(12)22(16)2;/h3-6,11,13,15H,7-10H2,1-2H3,(H2,18,19,21);1H. The number of para-hydroxylation sites is 2. The van der Waals surface area contributed by atoms with Crippen LogP contribution in [0.2, 0.25) is 0 Å². The van der Waals surface area contributed by atoms with Crippen molar-refractivity contribution in [1.29, 1.82) is 0 Å². The number of nitrogens with zero attached hydrogens (tertiary/aromatic N) is 3. The summed E-state index contributed by atoms with van der Waals surface area (Å²) in [5.74, 6) is 1.82. The van der Waals surface area contributed by atoms with Gasteiger partial charge in [0.2, 0.25) is 0 Å². The molecule has 2 aliphatic rings. The summed E-state index contributed by atoms with van der Waals surface area (Å²) < 4.78 is 8.01. The summed E-state index contributed by atoms with van der Waals surface area (Å²) >= 11 is 0. The zero-order valence-electron chi connectivity index (χ0n) is 14.0. The minimum Gasteiger partial charge on any atom is -0.373 e. The molecule has 3 unspecified atom stereocenters. The zero-order valence-corrected chi connectivity index (χ0v) is 16.4. The van der Waals surface area contributed by atoms with E-state index in [0.29, 0.717) is 24.8 Å². The van der Waals surface area contributed by atoms with Gasteiger partial charge in [0.25, 0.3) is 0 Å². The first-order valence-electron chi connectivity index (χ1n) is 8.27. The quantitative estimate of drug-likeness (QED) is 0.436. The maximum atomic E-state index is 5.89. The molecule has 2 fully saturated rings. The van der Waals surface area contributed by atoms with Gasteiger partial charge in [-0.05, 0) is 31.4 Å². The molecule has 130 valence electrons. The summed E-state index contributed by atoms with van der Waals surface area (Å²) in [6.45, 7) is 0.645. The molecule has 2 aliphatic heterocycles. The number of ether oxygens (including phenoxy) is 1. The van der Waals surface area contributed by atoms with Crippen molar-refractivity contribution in [3.63, 3.8) is 0 Å². The zero-order chi connectivity index (χ0) is 15.8. The van der Waals surface area contributed by atoms with Crippen molar-refractivity contribution in [3.8, 4) is 0 Å². The van der Waals surface area contributed by atoms with E-state index < -0.39 is 0 Å². The van der Waals surface area contributed by atoms with Gasteiger partial charge in [-0.25, -0.2) is 4.98 Å². The number of guanidine groups is 1. The summed E-state index contributed by atoms with van der Waals surface area (Å²) in [5.41, 5.74) is 2.17. The molecule has 2 N–H and O–H groups in total. The monoisotopic (exact) mass is 441 g/mol.